The van der Waals surface area contributed by atoms with Gasteiger partial charge in [-0.1, -0.05) is 12.1 Å². The van der Waals surface area contributed by atoms with Gasteiger partial charge in [-0.3, -0.25) is 0 Å². The van der Waals surface area contributed by atoms with Crippen LogP contribution >= 0.6 is 0 Å². The number of carbonyl (C=O) groups excluding carboxylic acids is 1. The Morgan fingerprint density at radius 2 is 1.97 bits per heavy atom. The minimum absolute atomic E-state index is 0.0213. The molecule has 0 fully saturated rings. The minimum atomic E-state index is -4.21. The largest absolute Gasteiger partial charge is 0.445 e. The third-order valence-electron chi connectivity index (χ3n) is 4.15. The molecular weight excluding hydrogens is 406 g/mol. The molecule has 0 aliphatic carbocycles. The number of amides is 1. The van der Waals surface area contributed by atoms with Crippen molar-refractivity contribution in [2.75, 3.05) is 7.05 Å². The van der Waals surface area contributed by atoms with Crippen LogP contribution in [0.2, 0.25) is 0 Å². The average Bonchev–Trinajstić information content (AvgIpc) is 3.22. The van der Waals surface area contributed by atoms with E-state index in [1.165, 1.54) is 43.7 Å². The number of ether oxygens (including phenoxy) is 1. The summed E-state index contributed by atoms with van der Waals surface area (Å²) >= 11 is 0. The van der Waals surface area contributed by atoms with Crippen LogP contribution in [0.25, 0.3) is 11.3 Å². The lowest BCUT2D eigenvalue weighted by Gasteiger charge is -2.12. The molecule has 0 saturated carbocycles. The molecule has 2 heterocycles. The fourth-order valence-electron chi connectivity index (χ4n) is 2.78. The molecule has 0 aliphatic heterocycles. The highest BCUT2D eigenvalue weighted by Crippen LogP contribution is 2.30. The Morgan fingerprint density at radius 1 is 1.20 bits per heavy atom. The zero-order valence-electron chi connectivity index (χ0n) is 15.7. The average molecular weight is 421 g/mol. The number of aromatic nitrogens is 2. The number of hydrogen-bond donors (Lipinski definition) is 1. The van der Waals surface area contributed by atoms with Crippen LogP contribution in [0, 0.1) is 22.7 Å². The van der Waals surface area contributed by atoms with Crippen LogP contribution in [0.4, 0.5) is 4.79 Å². The summed E-state index contributed by atoms with van der Waals surface area (Å²) in [6.45, 7) is -0.197. The predicted molar refractivity (Wildman–Crippen MR) is 105 cm³/mol. The smallest absolute Gasteiger partial charge is 0.407 e. The van der Waals surface area contributed by atoms with Crippen molar-refractivity contribution in [1.82, 2.24) is 14.3 Å². The van der Waals surface area contributed by atoms with Crippen molar-refractivity contribution in [3.63, 3.8) is 0 Å². The number of nitrogens with one attached hydrogen (secondary N) is 1. The summed E-state index contributed by atoms with van der Waals surface area (Å²) in [4.78, 5) is 15.2. The zero-order chi connectivity index (χ0) is 21.7. The first-order chi connectivity index (χ1) is 14.4. The molecule has 0 atom stereocenters. The van der Waals surface area contributed by atoms with Crippen LogP contribution in [-0.2, 0) is 21.4 Å². The molecule has 1 aromatic carbocycles. The van der Waals surface area contributed by atoms with Crippen LogP contribution in [0.15, 0.2) is 59.8 Å². The van der Waals surface area contributed by atoms with Gasteiger partial charge < -0.3 is 10.1 Å². The van der Waals surface area contributed by atoms with E-state index in [0.29, 0.717) is 5.56 Å². The van der Waals surface area contributed by atoms with E-state index in [-0.39, 0.29) is 34.0 Å². The molecule has 0 unspecified atom stereocenters. The maximum Gasteiger partial charge on any atom is 0.407 e. The minimum Gasteiger partial charge on any atom is -0.445 e. The van der Waals surface area contributed by atoms with Crippen molar-refractivity contribution in [2.24, 2.45) is 0 Å². The third-order valence-corrected chi connectivity index (χ3v) is 5.88. The molecule has 9 nitrogen and oxygen atoms in total. The third kappa shape index (κ3) is 3.85. The van der Waals surface area contributed by atoms with Gasteiger partial charge in [0.25, 0.3) is 10.0 Å². The fourth-order valence-corrected chi connectivity index (χ4v) is 4.32. The number of hydrogen-bond acceptors (Lipinski definition) is 7. The van der Waals surface area contributed by atoms with Gasteiger partial charge in [0.1, 0.15) is 29.3 Å². The second kappa shape index (κ2) is 8.47. The van der Waals surface area contributed by atoms with Crippen molar-refractivity contribution in [3.8, 4) is 23.4 Å². The summed E-state index contributed by atoms with van der Waals surface area (Å²) in [6.07, 6.45) is 2.03. The lowest BCUT2D eigenvalue weighted by molar-refractivity contribution is 0.142. The van der Waals surface area contributed by atoms with E-state index in [0.717, 1.165) is 3.97 Å². The second-order valence-electron chi connectivity index (χ2n) is 5.98. The summed E-state index contributed by atoms with van der Waals surface area (Å²) in [5.74, 6) is 0. The van der Waals surface area contributed by atoms with Crippen LogP contribution in [0.3, 0.4) is 0 Å². The molecule has 1 amide bonds. The summed E-state index contributed by atoms with van der Waals surface area (Å²) in [5.41, 5.74) is 0.817. The number of carbonyl (C=O) groups is 1. The number of alkyl carbamates (subject to hydrolysis) is 1. The molecule has 150 valence electrons. The number of benzene rings is 1. The van der Waals surface area contributed by atoms with E-state index in [2.05, 4.69) is 10.3 Å². The van der Waals surface area contributed by atoms with Crippen molar-refractivity contribution in [2.45, 2.75) is 11.5 Å². The SMILES string of the molecule is CNC(=O)OCc1cc(-c2cccnc2C#N)n(S(=O)(=O)c2ccccc2C#N)c1. The van der Waals surface area contributed by atoms with E-state index >= 15 is 0 Å². The van der Waals surface area contributed by atoms with Crippen molar-refractivity contribution in [3.05, 3.63) is 71.7 Å². The van der Waals surface area contributed by atoms with Gasteiger partial charge in [0.15, 0.2) is 0 Å². The number of nitrogens with zero attached hydrogens (tertiary/aromatic N) is 4. The Hall–Kier alpha value is -4.15. The highest BCUT2D eigenvalue weighted by atomic mass is 32.2. The Kier molecular flexibility index (Phi) is 5.81. The standard InChI is InChI=1S/C20H15N5O4S/c1-23-20(26)29-13-14-9-18(16-6-4-8-24-17(16)11-22)25(12-14)30(27,28)19-7-3-2-5-15(19)10-21/h2-9,12H,13H2,1H3,(H,23,26). The van der Waals surface area contributed by atoms with Crippen LogP contribution < -0.4 is 5.32 Å². The summed E-state index contributed by atoms with van der Waals surface area (Å²) in [7, 11) is -2.81. The van der Waals surface area contributed by atoms with E-state index < -0.39 is 16.1 Å². The Balaban J connectivity index is 2.22. The highest BCUT2D eigenvalue weighted by molar-refractivity contribution is 7.90. The summed E-state index contributed by atoms with van der Waals surface area (Å²) in [6, 6.07) is 14.2. The van der Waals surface area contributed by atoms with Gasteiger partial charge >= 0.3 is 6.09 Å². The molecule has 0 radical (unpaired) electrons. The van der Waals surface area contributed by atoms with Gasteiger partial charge in [0.2, 0.25) is 0 Å². The van der Waals surface area contributed by atoms with Crippen molar-refractivity contribution >= 4 is 16.1 Å². The Labute approximate surface area is 172 Å². The first-order valence-corrected chi connectivity index (χ1v) is 10.0. The first-order valence-electron chi connectivity index (χ1n) is 8.58. The molecule has 0 bridgehead atoms. The van der Waals surface area contributed by atoms with E-state index in [1.54, 1.807) is 18.2 Å². The van der Waals surface area contributed by atoms with Gasteiger partial charge in [0, 0.05) is 30.6 Å². The fraction of sp³-hybridized carbons (Fsp3) is 0.100. The number of pyridine rings is 1. The molecule has 10 heteroatoms. The van der Waals surface area contributed by atoms with Crippen molar-refractivity contribution in [1.29, 1.82) is 10.5 Å². The molecule has 30 heavy (non-hydrogen) atoms. The molecular formula is C20H15N5O4S. The van der Waals surface area contributed by atoms with E-state index in [4.69, 9.17) is 4.74 Å². The maximum atomic E-state index is 13.4. The lowest BCUT2D eigenvalue weighted by Crippen LogP contribution is -2.18. The molecule has 0 saturated heterocycles. The zero-order valence-corrected chi connectivity index (χ0v) is 16.5. The number of nitriles is 2. The second-order valence-corrected chi connectivity index (χ2v) is 7.76. The Morgan fingerprint density at radius 3 is 2.67 bits per heavy atom. The Bertz CT molecular complexity index is 1300. The lowest BCUT2D eigenvalue weighted by atomic mass is 10.1. The van der Waals surface area contributed by atoms with Gasteiger partial charge in [0.05, 0.1) is 11.3 Å². The quantitative estimate of drug-likeness (QED) is 0.667. The van der Waals surface area contributed by atoms with Crippen LogP contribution in [0.1, 0.15) is 16.8 Å². The van der Waals surface area contributed by atoms with Crippen LogP contribution in [0.5, 0.6) is 0 Å². The number of rotatable bonds is 5. The molecule has 0 aliphatic rings. The van der Waals surface area contributed by atoms with Gasteiger partial charge in [-0.05, 0) is 30.3 Å². The molecule has 1 N–H and O–H groups in total. The summed E-state index contributed by atoms with van der Waals surface area (Å²) in [5, 5.41) is 21.0. The summed E-state index contributed by atoms with van der Waals surface area (Å²) < 4.78 is 32.8. The molecule has 3 rings (SSSR count). The van der Waals surface area contributed by atoms with Gasteiger partial charge in [-0.15, -0.1) is 0 Å². The molecule has 3 aromatic rings. The first kappa shape index (κ1) is 20.6. The maximum absolute atomic E-state index is 13.4. The normalized spacial score (nSPS) is 10.6. The monoisotopic (exact) mass is 421 g/mol. The van der Waals surface area contributed by atoms with Crippen molar-refractivity contribution < 1.29 is 17.9 Å². The van der Waals surface area contributed by atoms with Crippen LogP contribution in [-0.4, -0.2) is 30.5 Å². The topological polar surface area (TPSA) is 138 Å². The van der Waals surface area contributed by atoms with Gasteiger partial charge in [-0.2, -0.15) is 10.5 Å². The van der Waals surface area contributed by atoms with E-state index in [9.17, 15) is 23.7 Å². The highest BCUT2D eigenvalue weighted by Gasteiger charge is 2.26. The molecule has 0 spiro atoms. The van der Waals surface area contributed by atoms with Gasteiger partial charge in [-0.25, -0.2) is 22.2 Å². The predicted octanol–water partition coefficient (Wildman–Crippen LogP) is 2.39. The molecule has 2 aromatic heterocycles. The van der Waals surface area contributed by atoms with E-state index in [1.807, 2.05) is 12.1 Å².